The van der Waals surface area contributed by atoms with Crippen molar-refractivity contribution in [1.29, 1.82) is 0 Å². The van der Waals surface area contributed by atoms with E-state index < -0.39 is 24.0 Å². The van der Waals surface area contributed by atoms with Gasteiger partial charge in [0.1, 0.15) is 11.1 Å². The lowest BCUT2D eigenvalue weighted by Gasteiger charge is -2.13. The fourth-order valence-electron chi connectivity index (χ4n) is 3.43. The summed E-state index contributed by atoms with van der Waals surface area (Å²) in [6, 6.07) is 13.8. The molecule has 0 spiro atoms. The summed E-state index contributed by atoms with van der Waals surface area (Å²) in [5.41, 5.74) is 1.32. The number of amides is 1. The van der Waals surface area contributed by atoms with Crippen LogP contribution >= 0.6 is 22.9 Å². The summed E-state index contributed by atoms with van der Waals surface area (Å²) < 4.78 is 1.33. The quantitative estimate of drug-likeness (QED) is 0.523. The highest BCUT2D eigenvalue weighted by molar-refractivity contribution is 7.15. The van der Waals surface area contributed by atoms with Crippen LogP contribution in [0.2, 0.25) is 5.02 Å². The molecule has 2 aromatic heterocycles. The molecule has 8 nitrogen and oxygen atoms in total. The predicted octanol–water partition coefficient (Wildman–Crippen LogP) is 1.82. The number of anilines is 1. The standard InChI is InChI=1S/C20H11ClN4O4S/c21-11-5-3-4-10(8-11)17-22-20-25(23-17)19(29)16(30-20)15-12-6-1-2-7-13(12)24(18(15)28)9-14(26)27/h1-8H,9H2,(H,26,27)/b16-15+. The van der Waals surface area contributed by atoms with Gasteiger partial charge in [0.15, 0.2) is 5.82 Å². The molecule has 0 saturated heterocycles. The van der Waals surface area contributed by atoms with E-state index in [0.29, 0.717) is 32.6 Å². The monoisotopic (exact) mass is 438 g/mol. The van der Waals surface area contributed by atoms with Crippen molar-refractivity contribution in [2.24, 2.45) is 0 Å². The predicted molar refractivity (Wildman–Crippen MR) is 112 cm³/mol. The molecule has 148 valence electrons. The molecule has 3 heterocycles. The molecule has 0 aliphatic carbocycles. The number of carboxylic acids is 1. The van der Waals surface area contributed by atoms with Crippen LogP contribution in [0.1, 0.15) is 5.56 Å². The van der Waals surface area contributed by atoms with Gasteiger partial charge in [-0.05, 0) is 18.2 Å². The van der Waals surface area contributed by atoms with E-state index in [0.717, 1.165) is 20.8 Å². The Balaban J connectivity index is 1.72. The Bertz CT molecular complexity index is 1480. The normalized spacial score (nSPS) is 15.1. The van der Waals surface area contributed by atoms with Crippen molar-refractivity contribution in [2.75, 3.05) is 11.4 Å². The second-order valence-corrected chi connectivity index (χ2v) is 7.97. The summed E-state index contributed by atoms with van der Waals surface area (Å²) in [5.74, 6) is -1.33. The zero-order valence-electron chi connectivity index (χ0n) is 15.1. The van der Waals surface area contributed by atoms with E-state index in [9.17, 15) is 19.5 Å². The van der Waals surface area contributed by atoms with E-state index in [1.165, 1.54) is 0 Å². The molecule has 0 atom stereocenters. The molecule has 5 rings (SSSR count). The van der Waals surface area contributed by atoms with Gasteiger partial charge in [-0.3, -0.25) is 19.3 Å². The van der Waals surface area contributed by atoms with Crippen LogP contribution in [0.25, 0.3) is 21.9 Å². The number of fused-ring (bicyclic) bond motifs is 2. The van der Waals surface area contributed by atoms with Crippen LogP contribution in [0.15, 0.2) is 53.3 Å². The number of aliphatic carboxylic acids is 1. The van der Waals surface area contributed by atoms with Crippen molar-refractivity contribution in [3.63, 3.8) is 0 Å². The number of benzene rings is 2. The van der Waals surface area contributed by atoms with Crippen LogP contribution in [-0.2, 0) is 9.59 Å². The minimum absolute atomic E-state index is 0.165. The van der Waals surface area contributed by atoms with Gasteiger partial charge in [0.05, 0.1) is 11.3 Å². The molecule has 1 aliphatic rings. The first-order valence-corrected chi connectivity index (χ1v) is 9.96. The van der Waals surface area contributed by atoms with Crippen LogP contribution in [0.4, 0.5) is 5.69 Å². The average Bonchev–Trinajstić information content (AvgIpc) is 3.34. The second kappa shape index (κ2) is 6.75. The number of carbonyl (C=O) groups excluding carboxylic acids is 1. The number of aromatic nitrogens is 3. The third-order valence-corrected chi connectivity index (χ3v) is 5.95. The van der Waals surface area contributed by atoms with Gasteiger partial charge < -0.3 is 5.11 Å². The summed E-state index contributed by atoms with van der Waals surface area (Å²) >= 11 is 7.06. The highest BCUT2D eigenvalue weighted by Gasteiger charge is 2.35. The lowest BCUT2D eigenvalue weighted by molar-refractivity contribution is -0.136. The summed E-state index contributed by atoms with van der Waals surface area (Å²) in [7, 11) is 0. The van der Waals surface area contributed by atoms with Crippen LogP contribution in [0.5, 0.6) is 0 Å². The van der Waals surface area contributed by atoms with Gasteiger partial charge in [-0.1, -0.05) is 53.3 Å². The van der Waals surface area contributed by atoms with E-state index in [2.05, 4.69) is 10.1 Å². The maximum atomic E-state index is 13.0. The number of hydrogen-bond donors (Lipinski definition) is 1. The van der Waals surface area contributed by atoms with E-state index in [1.807, 2.05) is 0 Å². The number of carboxylic acid groups (broad SMARTS) is 1. The molecule has 1 amide bonds. The first-order valence-electron chi connectivity index (χ1n) is 8.77. The van der Waals surface area contributed by atoms with Gasteiger partial charge in [0.25, 0.3) is 11.5 Å². The van der Waals surface area contributed by atoms with Crippen LogP contribution in [-0.4, -0.2) is 38.1 Å². The molecule has 0 unspecified atom stereocenters. The molecular formula is C20H11ClN4O4S. The van der Waals surface area contributed by atoms with E-state index >= 15 is 0 Å². The third-order valence-electron chi connectivity index (χ3n) is 4.68. The molecule has 0 radical (unpaired) electrons. The summed E-state index contributed by atoms with van der Waals surface area (Å²) in [5, 5.41) is 14.0. The Morgan fingerprint density at radius 2 is 1.93 bits per heavy atom. The number of hydrogen-bond acceptors (Lipinski definition) is 6. The molecule has 0 fully saturated rings. The number of para-hydroxylation sites is 1. The van der Waals surface area contributed by atoms with Crippen molar-refractivity contribution in [2.45, 2.75) is 0 Å². The van der Waals surface area contributed by atoms with Gasteiger partial charge in [-0.2, -0.15) is 9.50 Å². The van der Waals surface area contributed by atoms with Crippen molar-refractivity contribution in [3.05, 3.63) is 74.0 Å². The lowest BCUT2D eigenvalue weighted by Crippen LogP contribution is -2.35. The SMILES string of the molecule is O=C(O)CN1C(=O)/C(=c2/sc3nc(-c4cccc(Cl)c4)nn3c2=O)c2ccccc21. The largest absolute Gasteiger partial charge is 0.480 e. The van der Waals surface area contributed by atoms with Gasteiger partial charge in [0.2, 0.25) is 4.96 Å². The Morgan fingerprint density at radius 3 is 2.67 bits per heavy atom. The smallest absolute Gasteiger partial charge is 0.323 e. The minimum Gasteiger partial charge on any atom is -0.480 e. The van der Waals surface area contributed by atoms with Crippen molar-refractivity contribution in [1.82, 2.24) is 14.6 Å². The van der Waals surface area contributed by atoms with E-state index in [4.69, 9.17) is 11.6 Å². The zero-order chi connectivity index (χ0) is 21.0. The molecule has 1 N–H and O–H groups in total. The third kappa shape index (κ3) is 2.78. The Kier molecular flexibility index (Phi) is 4.16. The number of halogens is 1. The van der Waals surface area contributed by atoms with E-state index in [-0.39, 0.29) is 10.1 Å². The number of thiazole rings is 1. The van der Waals surface area contributed by atoms with Gasteiger partial charge >= 0.3 is 5.97 Å². The van der Waals surface area contributed by atoms with Crippen LogP contribution < -0.4 is 15.0 Å². The Morgan fingerprint density at radius 1 is 1.13 bits per heavy atom. The summed E-state index contributed by atoms with van der Waals surface area (Å²) in [6.07, 6.45) is 0. The number of rotatable bonds is 3. The molecule has 0 bridgehead atoms. The van der Waals surface area contributed by atoms with Crippen molar-refractivity contribution in [3.8, 4) is 11.4 Å². The number of nitrogens with zero attached hydrogens (tertiary/aromatic N) is 4. The van der Waals surface area contributed by atoms with Gasteiger partial charge in [0, 0.05) is 16.1 Å². The maximum absolute atomic E-state index is 13.0. The molecule has 10 heteroatoms. The van der Waals surface area contributed by atoms with Crippen molar-refractivity contribution >= 4 is 51.0 Å². The highest BCUT2D eigenvalue weighted by atomic mass is 35.5. The van der Waals surface area contributed by atoms with Crippen molar-refractivity contribution < 1.29 is 14.7 Å². The molecular weight excluding hydrogens is 428 g/mol. The minimum atomic E-state index is -1.14. The van der Waals surface area contributed by atoms with Crippen LogP contribution in [0.3, 0.4) is 0 Å². The lowest BCUT2D eigenvalue weighted by atomic mass is 10.1. The van der Waals surface area contributed by atoms with Gasteiger partial charge in [-0.15, -0.1) is 5.10 Å². The molecule has 4 aromatic rings. The first kappa shape index (κ1) is 18.5. The summed E-state index contributed by atoms with van der Waals surface area (Å²) in [4.78, 5) is 43.2. The van der Waals surface area contributed by atoms with E-state index in [1.54, 1.807) is 48.5 Å². The maximum Gasteiger partial charge on any atom is 0.323 e. The molecule has 30 heavy (non-hydrogen) atoms. The zero-order valence-corrected chi connectivity index (χ0v) is 16.6. The molecule has 2 aromatic carbocycles. The molecule has 1 aliphatic heterocycles. The Labute approximate surface area is 177 Å². The van der Waals surface area contributed by atoms with Crippen LogP contribution in [0, 0.1) is 0 Å². The topological polar surface area (TPSA) is 105 Å². The average molecular weight is 439 g/mol. The first-order chi connectivity index (χ1) is 14.4. The fourth-order valence-corrected chi connectivity index (χ4v) is 4.62. The Hall–Kier alpha value is -3.56. The highest BCUT2D eigenvalue weighted by Crippen LogP contribution is 2.35. The molecule has 0 saturated carbocycles. The van der Waals surface area contributed by atoms with Gasteiger partial charge in [-0.25, -0.2) is 0 Å². The fraction of sp³-hybridized carbons (Fsp3) is 0.0500. The second-order valence-electron chi connectivity index (χ2n) is 6.55. The summed E-state index contributed by atoms with van der Waals surface area (Å²) in [6.45, 7) is -0.493. The number of carbonyl (C=O) groups is 2.